The molecule has 0 aliphatic carbocycles. The number of hydrogen-bond acceptors (Lipinski definition) is 2. The zero-order valence-corrected chi connectivity index (χ0v) is 12.4. The summed E-state index contributed by atoms with van der Waals surface area (Å²) in [5.41, 5.74) is 4.22. The van der Waals surface area contributed by atoms with Crippen molar-refractivity contribution in [1.29, 1.82) is 0 Å². The first-order valence-corrected chi connectivity index (χ1v) is 6.72. The maximum absolute atomic E-state index is 6.23. The first kappa shape index (κ1) is 12.7. The second kappa shape index (κ2) is 4.83. The van der Waals surface area contributed by atoms with E-state index in [1.807, 2.05) is 19.2 Å². The van der Waals surface area contributed by atoms with Crippen LogP contribution in [0.4, 0.5) is 5.69 Å². The van der Waals surface area contributed by atoms with Gasteiger partial charge in [-0.1, -0.05) is 34.5 Å². The van der Waals surface area contributed by atoms with Crippen molar-refractivity contribution in [1.82, 2.24) is 4.98 Å². The molecule has 0 radical (unpaired) electrons. The maximum atomic E-state index is 6.23. The zero-order valence-electron chi connectivity index (χ0n) is 10.1. The lowest BCUT2D eigenvalue weighted by Gasteiger charge is -2.15. The van der Waals surface area contributed by atoms with Crippen LogP contribution in [0.5, 0.6) is 0 Å². The minimum Gasteiger partial charge on any atom is -0.387 e. The number of pyridine rings is 1. The molecule has 0 aliphatic heterocycles. The third kappa shape index (κ3) is 2.02. The molecule has 4 heteroatoms. The van der Waals surface area contributed by atoms with Crippen LogP contribution in [0.1, 0.15) is 18.2 Å². The SMILES string of the molecule is CCc1nc2c(Cl)ccc(Br)c2c(NC)c1C. The Balaban J connectivity index is 2.97. The zero-order chi connectivity index (χ0) is 12.6. The highest BCUT2D eigenvalue weighted by molar-refractivity contribution is 9.10. The highest BCUT2D eigenvalue weighted by Crippen LogP contribution is 2.36. The van der Waals surface area contributed by atoms with Crippen LogP contribution in [0, 0.1) is 6.92 Å². The van der Waals surface area contributed by atoms with Crippen LogP contribution in [0.15, 0.2) is 16.6 Å². The average molecular weight is 314 g/mol. The third-order valence-corrected chi connectivity index (χ3v) is 3.93. The number of rotatable bonds is 2. The molecule has 0 aliphatic rings. The summed E-state index contributed by atoms with van der Waals surface area (Å²) in [6.07, 6.45) is 0.902. The summed E-state index contributed by atoms with van der Waals surface area (Å²) in [5.74, 6) is 0. The van der Waals surface area contributed by atoms with Gasteiger partial charge in [0.2, 0.25) is 0 Å². The minimum absolute atomic E-state index is 0.689. The predicted octanol–water partition coefficient (Wildman–Crippen LogP) is 4.56. The van der Waals surface area contributed by atoms with Crippen LogP contribution >= 0.6 is 27.5 Å². The van der Waals surface area contributed by atoms with Gasteiger partial charge in [0.05, 0.1) is 10.5 Å². The predicted molar refractivity (Wildman–Crippen MR) is 78.1 cm³/mol. The molecule has 0 bridgehead atoms. The minimum atomic E-state index is 0.689. The van der Waals surface area contributed by atoms with E-state index >= 15 is 0 Å². The quantitative estimate of drug-likeness (QED) is 0.879. The van der Waals surface area contributed by atoms with Gasteiger partial charge in [0.1, 0.15) is 0 Å². The highest BCUT2D eigenvalue weighted by Gasteiger charge is 2.14. The Morgan fingerprint density at radius 1 is 1.41 bits per heavy atom. The van der Waals surface area contributed by atoms with E-state index in [0.29, 0.717) is 5.02 Å². The van der Waals surface area contributed by atoms with Crippen LogP contribution in [-0.2, 0) is 6.42 Å². The summed E-state index contributed by atoms with van der Waals surface area (Å²) in [6.45, 7) is 4.19. The molecule has 1 heterocycles. The van der Waals surface area contributed by atoms with Crippen molar-refractivity contribution in [2.45, 2.75) is 20.3 Å². The summed E-state index contributed by atoms with van der Waals surface area (Å²) in [5, 5.41) is 4.99. The van der Waals surface area contributed by atoms with E-state index in [2.05, 4.69) is 40.1 Å². The number of fused-ring (bicyclic) bond motifs is 1. The van der Waals surface area contributed by atoms with Gasteiger partial charge in [-0.3, -0.25) is 4.98 Å². The fraction of sp³-hybridized carbons (Fsp3) is 0.308. The van der Waals surface area contributed by atoms with E-state index in [1.165, 1.54) is 5.56 Å². The molecule has 1 aromatic carbocycles. The number of nitrogens with zero attached hydrogens (tertiary/aromatic N) is 1. The van der Waals surface area contributed by atoms with Gasteiger partial charge in [0.25, 0.3) is 0 Å². The van der Waals surface area contributed by atoms with Gasteiger partial charge >= 0.3 is 0 Å². The summed E-state index contributed by atoms with van der Waals surface area (Å²) in [4.78, 5) is 4.66. The smallest absolute Gasteiger partial charge is 0.0923 e. The van der Waals surface area contributed by atoms with Gasteiger partial charge in [-0.25, -0.2) is 0 Å². The van der Waals surface area contributed by atoms with Crippen LogP contribution in [-0.4, -0.2) is 12.0 Å². The number of benzene rings is 1. The van der Waals surface area contributed by atoms with Crippen LogP contribution in [0.3, 0.4) is 0 Å². The van der Waals surface area contributed by atoms with Gasteiger partial charge in [0, 0.05) is 28.3 Å². The molecular formula is C13H14BrClN2. The van der Waals surface area contributed by atoms with Crippen LogP contribution in [0.2, 0.25) is 5.02 Å². The fourth-order valence-electron chi connectivity index (χ4n) is 2.10. The topological polar surface area (TPSA) is 24.9 Å². The standard InChI is InChI=1S/C13H14BrClN2/c1-4-10-7(2)12(16-3)11-8(14)5-6-9(15)13(11)17-10/h5-6H,4H2,1-3H3,(H,16,17). The Hall–Kier alpha value is -0.800. The Morgan fingerprint density at radius 2 is 2.12 bits per heavy atom. The van der Waals surface area contributed by atoms with Crippen molar-refractivity contribution in [3.8, 4) is 0 Å². The summed E-state index contributed by atoms with van der Waals surface area (Å²) in [7, 11) is 1.93. The van der Waals surface area contributed by atoms with E-state index < -0.39 is 0 Å². The van der Waals surface area contributed by atoms with Crippen LogP contribution in [0.25, 0.3) is 10.9 Å². The number of anilines is 1. The van der Waals surface area contributed by atoms with Crippen molar-refractivity contribution in [3.63, 3.8) is 0 Å². The third-order valence-electron chi connectivity index (χ3n) is 2.97. The van der Waals surface area contributed by atoms with Crippen molar-refractivity contribution in [2.24, 2.45) is 0 Å². The second-order valence-corrected chi connectivity index (χ2v) is 5.18. The Bertz CT molecular complexity index is 581. The van der Waals surface area contributed by atoms with Crippen molar-refractivity contribution in [3.05, 3.63) is 32.9 Å². The first-order chi connectivity index (χ1) is 8.10. The van der Waals surface area contributed by atoms with E-state index in [9.17, 15) is 0 Å². The molecule has 1 aromatic heterocycles. The van der Waals surface area contributed by atoms with Crippen molar-refractivity contribution >= 4 is 44.1 Å². The van der Waals surface area contributed by atoms with E-state index in [0.717, 1.165) is 33.2 Å². The lowest BCUT2D eigenvalue weighted by molar-refractivity contribution is 1.03. The molecular weight excluding hydrogens is 300 g/mol. The molecule has 0 atom stereocenters. The largest absolute Gasteiger partial charge is 0.387 e. The molecule has 90 valence electrons. The van der Waals surface area contributed by atoms with Crippen LogP contribution < -0.4 is 5.32 Å². The molecule has 0 amide bonds. The maximum Gasteiger partial charge on any atom is 0.0923 e. The Kier molecular flexibility index (Phi) is 3.59. The molecule has 0 saturated heterocycles. The number of hydrogen-bond donors (Lipinski definition) is 1. The molecule has 2 rings (SSSR count). The lowest BCUT2D eigenvalue weighted by Crippen LogP contribution is -2.01. The summed E-state index contributed by atoms with van der Waals surface area (Å²) in [6, 6.07) is 3.83. The number of aryl methyl sites for hydroxylation is 1. The van der Waals surface area contributed by atoms with Gasteiger partial charge in [-0.05, 0) is 31.0 Å². The second-order valence-electron chi connectivity index (χ2n) is 3.91. The number of aromatic nitrogens is 1. The highest BCUT2D eigenvalue weighted by atomic mass is 79.9. The average Bonchev–Trinajstić information content (AvgIpc) is 2.33. The lowest BCUT2D eigenvalue weighted by atomic mass is 10.1. The molecule has 2 aromatic rings. The van der Waals surface area contributed by atoms with Gasteiger partial charge < -0.3 is 5.32 Å². The molecule has 2 nitrogen and oxygen atoms in total. The molecule has 0 fully saturated rings. The van der Waals surface area contributed by atoms with Gasteiger partial charge in [-0.15, -0.1) is 0 Å². The van der Waals surface area contributed by atoms with E-state index in [4.69, 9.17) is 11.6 Å². The molecule has 0 unspecified atom stereocenters. The number of nitrogens with one attached hydrogen (secondary N) is 1. The van der Waals surface area contributed by atoms with E-state index in [-0.39, 0.29) is 0 Å². The molecule has 0 saturated carbocycles. The van der Waals surface area contributed by atoms with Gasteiger partial charge in [-0.2, -0.15) is 0 Å². The normalized spacial score (nSPS) is 10.9. The van der Waals surface area contributed by atoms with E-state index in [1.54, 1.807) is 0 Å². The monoisotopic (exact) mass is 312 g/mol. The summed E-state index contributed by atoms with van der Waals surface area (Å²) < 4.78 is 1.01. The Labute approximate surface area is 115 Å². The van der Waals surface area contributed by atoms with Gasteiger partial charge in [0.15, 0.2) is 0 Å². The fourth-order valence-corrected chi connectivity index (χ4v) is 2.81. The first-order valence-electron chi connectivity index (χ1n) is 5.55. The molecule has 1 N–H and O–H groups in total. The summed E-state index contributed by atoms with van der Waals surface area (Å²) >= 11 is 9.79. The van der Waals surface area contributed by atoms with Crippen molar-refractivity contribution < 1.29 is 0 Å². The molecule has 17 heavy (non-hydrogen) atoms. The number of halogens is 2. The van der Waals surface area contributed by atoms with Crippen molar-refractivity contribution in [2.75, 3.05) is 12.4 Å². The Morgan fingerprint density at radius 3 is 2.71 bits per heavy atom. The molecule has 0 spiro atoms.